The molecule has 1 heterocycles. The van der Waals surface area contributed by atoms with Crippen molar-refractivity contribution in [2.45, 2.75) is 32.2 Å². The minimum atomic E-state index is -3.28. The third-order valence-electron chi connectivity index (χ3n) is 4.84. The van der Waals surface area contributed by atoms with Crippen molar-refractivity contribution >= 4 is 16.0 Å². The number of nitrogens with zero attached hydrogens (tertiary/aromatic N) is 2. The van der Waals surface area contributed by atoms with Crippen molar-refractivity contribution < 1.29 is 8.42 Å². The smallest absolute Gasteiger partial charge is 0.215 e. The lowest BCUT2D eigenvalue weighted by Gasteiger charge is -2.31. The minimum Gasteiger partial charge on any atom is -0.356 e. The van der Waals surface area contributed by atoms with Gasteiger partial charge in [-0.2, -0.15) is 0 Å². The first-order valence-corrected chi connectivity index (χ1v) is 11.2. The van der Waals surface area contributed by atoms with E-state index in [1.807, 2.05) is 24.3 Å². The average Bonchev–Trinajstić information content (AvgIpc) is 2.71. The summed E-state index contributed by atoms with van der Waals surface area (Å²) < 4.78 is 25.9. The monoisotopic (exact) mass is 400 g/mol. The fraction of sp³-hybridized carbons (Fsp3) is 0.381. The molecule has 2 aromatic carbocycles. The molecule has 0 spiro atoms. The van der Waals surface area contributed by atoms with Crippen LogP contribution in [-0.4, -0.2) is 39.4 Å². The van der Waals surface area contributed by atoms with Crippen LogP contribution in [0.4, 0.5) is 0 Å². The van der Waals surface area contributed by atoms with Crippen LogP contribution in [0.1, 0.15) is 29.2 Å². The molecule has 1 aliphatic heterocycles. The summed E-state index contributed by atoms with van der Waals surface area (Å²) in [6, 6.07) is 16.1. The summed E-state index contributed by atoms with van der Waals surface area (Å²) in [5.74, 6) is 0.870. The van der Waals surface area contributed by atoms with Gasteiger partial charge in [-0.05, 0) is 42.6 Å². The number of fused-ring (bicyclic) bond motifs is 1. The van der Waals surface area contributed by atoms with Crippen molar-refractivity contribution in [2.24, 2.45) is 4.99 Å². The Hall–Kier alpha value is -2.38. The third kappa shape index (κ3) is 5.33. The van der Waals surface area contributed by atoms with Crippen LogP contribution in [-0.2, 0) is 35.3 Å². The van der Waals surface area contributed by atoms with Gasteiger partial charge in [0.15, 0.2) is 5.96 Å². The van der Waals surface area contributed by atoms with Gasteiger partial charge in [0, 0.05) is 19.6 Å². The summed E-state index contributed by atoms with van der Waals surface area (Å²) in [5.41, 5.74) is 4.52. The largest absolute Gasteiger partial charge is 0.356 e. The summed E-state index contributed by atoms with van der Waals surface area (Å²) in [4.78, 5) is 7.08. The highest BCUT2D eigenvalue weighted by Crippen LogP contribution is 2.19. The van der Waals surface area contributed by atoms with Gasteiger partial charge >= 0.3 is 0 Å². The lowest BCUT2D eigenvalue weighted by molar-refractivity contribution is 0.378. The summed E-state index contributed by atoms with van der Waals surface area (Å²) in [6.07, 6.45) is 1.01. The van der Waals surface area contributed by atoms with Crippen molar-refractivity contribution in [3.05, 3.63) is 70.8 Å². The fourth-order valence-corrected chi connectivity index (χ4v) is 4.14. The molecule has 0 radical (unpaired) electrons. The SMILES string of the molecule is CCNC(=NCc1cccc(CS(=O)(=O)NC)c1)N1CCc2ccccc2C1. The van der Waals surface area contributed by atoms with E-state index in [2.05, 4.69) is 46.1 Å². The topological polar surface area (TPSA) is 73.8 Å². The van der Waals surface area contributed by atoms with Crippen molar-refractivity contribution in [3.63, 3.8) is 0 Å². The predicted octanol–water partition coefficient (Wildman–Crippen LogP) is 2.26. The molecule has 0 amide bonds. The van der Waals surface area contributed by atoms with Crippen molar-refractivity contribution in [2.75, 3.05) is 20.1 Å². The molecule has 7 heteroatoms. The molecule has 2 N–H and O–H groups in total. The highest BCUT2D eigenvalue weighted by Gasteiger charge is 2.18. The summed E-state index contributed by atoms with van der Waals surface area (Å²) in [7, 11) is -1.85. The normalized spacial score (nSPS) is 14.6. The Morgan fingerprint density at radius 3 is 2.61 bits per heavy atom. The van der Waals surface area contributed by atoms with E-state index in [4.69, 9.17) is 4.99 Å². The first-order chi connectivity index (χ1) is 13.5. The molecular formula is C21H28N4O2S. The zero-order valence-electron chi connectivity index (χ0n) is 16.5. The van der Waals surface area contributed by atoms with Gasteiger partial charge < -0.3 is 10.2 Å². The van der Waals surface area contributed by atoms with Crippen LogP contribution in [0.15, 0.2) is 53.5 Å². The molecule has 3 rings (SSSR count). The van der Waals surface area contributed by atoms with Gasteiger partial charge in [0.2, 0.25) is 10.0 Å². The number of nitrogens with one attached hydrogen (secondary N) is 2. The zero-order chi connectivity index (χ0) is 20.0. The van der Waals surface area contributed by atoms with Crippen LogP contribution in [0.25, 0.3) is 0 Å². The molecule has 0 saturated heterocycles. The Balaban J connectivity index is 1.73. The van der Waals surface area contributed by atoms with Gasteiger partial charge in [-0.25, -0.2) is 18.1 Å². The molecule has 0 saturated carbocycles. The van der Waals surface area contributed by atoms with E-state index in [0.29, 0.717) is 6.54 Å². The number of rotatable bonds is 6. The molecule has 0 atom stereocenters. The van der Waals surface area contributed by atoms with E-state index in [-0.39, 0.29) is 5.75 Å². The van der Waals surface area contributed by atoms with Crippen LogP contribution >= 0.6 is 0 Å². The second-order valence-corrected chi connectivity index (χ2v) is 8.82. The summed E-state index contributed by atoms with van der Waals surface area (Å²) >= 11 is 0. The number of benzene rings is 2. The van der Waals surface area contributed by atoms with Gasteiger partial charge in [0.1, 0.15) is 0 Å². The predicted molar refractivity (Wildman–Crippen MR) is 113 cm³/mol. The summed E-state index contributed by atoms with van der Waals surface area (Å²) in [6.45, 7) is 5.16. The Labute approximate surface area is 167 Å². The molecule has 2 aromatic rings. The maximum atomic E-state index is 11.8. The molecule has 1 aliphatic rings. The van der Waals surface area contributed by atoms with Gasteiger partial charge in [0.05, 0.1) is 12.3 Å². The van der Waals surface area contributed by atoms with Gasteiger partial charge in [-0.3, -0.25) is 0 Å². The molecule has 0 aromatic heterocycles. The lowest BCUT2D eigenvalue weighted by atomic mass is 10.0. The number of sulfonamides is 1. The Kier molecular flexibility index (Phi) is 6.70. The molecule has 0 bridgehead atoms. The van der Waals surface area contributed by atoms with E-state index in [0.717, 1.165) is 43.1 Å². The molecule has 6 nitrogen and oxygen atoms in total. The second-order valence-electron chi connectivity index (χ2n) is 6.89. The molecule has 0 unspecified atom stereocenters. The van der Waals surface area contributed by atoms with E-state index in [1.54, 1.807) is 0 Å². The highest BCUT2D eigenvalue weighted by molar-refractivity contribution is 7.88. The number of hydrogen-bond acceptors (Lipinski definition) is 3. The third-order valence-corrected chi connectivity index (χ3v) is 6.17. The quantitative estimate of drug-likeness (QED) is 0.576. The number of hydrogen-bond donors (Lipinski definition) is 2. The Bertz CT molecular complexity index is 941. The Morgan fingerprint density at radius 2 is 1.86 bits per heavy atom. The van der Waals surface area contributed by atoms with E-state index in [9.17, 15) is 8.42 Å². The maximum Gasteiger partial charge on any atom is 0.215 e. The van der Waals surface area contributed by atoms with E-state index >= 15 is 0 Å². The lowest BCUT2D eigenvalue weighted by Crippen LogP contribution is -2.44. The molecule has 150 valence electrons. The van der Waals surface area contributed by atoms with Crippen molar-refractivity contribution in [1.29, 1.82) is 0 Å². The maximum absolute atomic E-state index is 11.8. The molecule has 28 heavy (non-hydrogen) atoms. The van der Waals surface area contributed by atoms with Crippen molar-refractivity contribution in [3.8, 4) is 0 Å². The fourth-order valence-electron chi connectivity index (χ4n) is 3.38. The Morgan fingerprint density at radius 1 is 1.11 bits per heavy atom. The molecule has 0 fully saturated rings. The standard InChI is InChI=1S/C21H28N4O2S/c1-3-23-21(25-12-11-19-9-4-5-10-20(19)15-25)24-14-17-7-6-8-18(13-17)16-28(26,27)22-2/h4-10,13,22H,3,11-12,14-16H2,1-2H3,(H,23,24). The van der Waals surface area contributed by atoms with Crippen LogP contribution < -0.4 is 10.0 Å². The van der Waals surface area contributed by atoms with Gasteiger partial charge in [-0.15, -0.1) is 0 Å². The van der Waals surface area contributed by atoms with Crippen LogP contribution in [0.3, 0.4) is 0 Å². The average molecular weight is 401 g/mol. The van der Waals surface area contributed by atoms with Gasteiger partial charge in [0.25, 0.3) is 0 Å². The zero-order valence-corrected chi connectivity index (χ0v) is 17.3. The minimum absolute atomic E-state index is 0.0238. The van der Waals surface area contributed by atoms with E-state index < -0.39 is 10.0 Å². The first-order valence-electron chi connectivity index (χ1n) is 9.60. The molecular weight excluding hydrogens is 372 g/mol. The second kappa shape index (κ2) is 9.21. The van der Waals surface area contributed by atoms with E-state index in [1.165, 1.54) is 18.2 Å². The highest BCUT2D eigenvalue weighted by atomic mass is 32.2. The number of aliphatic imine (C=N–C) groups is 1. The van der Waals surface area contributed by atoms with Gasteiger partial charge in [-0.1, -0.05) is 48.5 Å². The molecule has 0 aliphatic carbocycles. The first kappa shape index (κ1) is 20.4. The van der Waals surface area contributed by atoms with Crippen LogP contribution in [0, 0.1) is 0 Å². The number of guanidine groups is 1. The summed E-state index contributed by atoms with van der Waals surface area (Å²) in [5, 5.41) is 3.39. The van der Waals surface area contributed by atoms with Crippen molar-refractivity contribution in [1.82, 2.24) is 14.9 Å². The van der Waals surface area contributed by atoms with Crippen LogP contribution in [0.5, 0.6) is 0 Å². The van der Waals surface area contributed by atoms with Crippen LogP contribution in [0.2, 0.25) is 0 Å².